The zero-order valence-corrected chi connectivity index (χ0v) is 30.4. The van der Waals surface area contributed by atoms with Crippen molar-refractivity contribution in [2.75, 3.05) is 59.4 Å². The first-order valence-electron chi connectivity index (χ1n) is 17.6. The number of imide groups is 1. The lowest BCUT2D eigenvalue weighted by Gasteiger charge is -2.35. The van der Waals surface area contributed by atoms with E-state index in [1.54, 1.807) is 68.4 Å². The van der Waals surface area contributed by atoms with Crippen LogP contribution in [0.3, 0.4) is 0 Å². The van der Waals surface area contributed by atoms with Crippen LogP contribution in [0.2, 0.25) is 0 Å². The van der Waals surface area contributed by atoms with Gasteiger partial charge in [0.05, 0.1) is 36.3 Å². The number of piperazine rings is 1. The van der Waals surface area contributed by atoms with Crippen LogP contribution < -0.4 is 30.4 Å². The van der Waals surface area contributed by atoms with Gasteiger partial charge in [0, 0.05) is 76.6 Å². The lowest BCUT2D eigenvalue weighted by molar-refractivity contribution is -0.139. The monoisotopic (exact) mass is 739 g/mol. The molecule has 7 rings (SSSR count). The number of aryl methyl sites for hydroxylation is 1. The van der Waals surface area contributed by atoms with Crippen molar-refractivity contribution in [2.24, 2.45) is 7.05 Å². The molecule has 54 heavy (non-hydrogen) atoms. The van der Waals surface area contributed by atoms with Crippen molar-refractivity contribution in [1.29, 1.82) is 0 Å². The maximum atomic E-state index is 13.3. The van der Waals surface area contributed by atoms with Crippen molar-refractivity contribution in [3.63, 3.8) is 0 Å². The normalized spacial score (nSPS) is 18.8. The number of benzene rings is 2. The highest BCUT2D eigenvalue weighted by Crippen LogP contribution is 2.41. The summed E-state index contributed by atoms with van der Waals surface area (Å²) in [6.45, 7) is 2.20. The first-order chi connectivity index (χ1) is 26.0. The Kier molecular flexibility index (Phi) is 9.96. The number of aliphatic hydroxyl groups is 1. The molecule has 2 unspecified atom stereocenters. The van der Waals surface area contributed by atoms with Gasteiger partial charge < -0.3 is 34.1 Å². The first-order valence-corrected chi connectivity index (χ1v) is 17.6. The summed E-state index contributed by atoms with van der Waals surface area (Å²) in [6, 6.07) is 9.27. The number of carbonyl (C=O) groups is 4. The molecule has 2 aromatic heterocycles. The number of aromatic nitrogens is 2. The number of methoxy groups -OCH3 is 2. The van der Waals surface area contributed by atoms with E-state index in [-0.39, 0.29) is 47.8 Å². The predicted octanol–water partition coefficient (Wildman–Crippen LogP) is 1.63. The van der Waals surface area contributed by atoms with E-state index in [1.165, 1.54) is 6.07 Å². The van der Waals surface area contributed by atoms with E-state index in [0.29, 0.717) is 60.8 Å². The number of pyridine rings is 2. The van der Waals surface area contributed by atoms with Gasteiger partial charge in [0.2, 0.25) is 11.8 Å². The molecule has 16 nitrogen and oxygen atoms in total. The molecule has 3 N–H and O–H groups in total. The summed E-state index contributed by atoms with van der Waals surface area (Å²) >= 11 is 0. The molecule has 3 aliphatic heterocycles. The second kappa shape index (κ2) is 14.8. The molecule has 4 aromatic rings. The van der Waals surface area contributed by atoms with Gasteiger partial charge in [0.1, 0.15) is 29.1 Å². The minimum Gasteiger partial charge on any atom is -0.496 e. The smallest absolute Gasteiger partial charge is 0.260 e. The van der Waals surface area contributed by atoms with Crippen LogP contribution >= 0.6 is 0 Å². The Morgan fingerprint density at radius 2 is 1.70 bits per heavy atom. The van der Waals surface area contributed by atoms with Gasteiger partial charge in [0.15, 0.2) is 12.8 Å². The average molecular weight is 740 g/mol. The second-order valence-electron chi connectivity index (χ2n) is 13.4. The third-order valence-electron chi connectivity index (χ3n) is 10.3. The molecule has 0 bridgehead atoms. The molecule has 3 aliphatic rings. The van der Waals surface area contributed by atoms with E-state index in [1.807, 2.05) is 12.1 Å². The van der Waals surface area contributed by atoms with Gasteiger partial charge in [-0.2, -0.15) is 0 Å². The Hall–Kier alpha value is -6.00. The Morgan fingerprint density at radius 1 is 0.981 bits per heavy atom. The molecule has 2 fully saturated rings. The van der Waals surface area contributed by atoms with Crippen molar-refractivity contribution < 1.29 is 38.5 Å². The number of amides is 4. The highest BCUT2D eigenvalue weighted by molar-refractivity contribution is 6.06. The molecular formula is C38H41N7O9. The zero-order chi connectivity index (χ0) is 38.3. The quantitative estimate of drug-likeness (QED) is 0.200. The fourth-order valence-electron chi connectivity index (χ4n) is 7.40. The minimum absolute atomic E-state index is 0.0496. The van der Waals surface area contributed by atoms with Crippen LogP contribution in [0.15, 0.2) is 53.6 Å². The van der Waals surface area contributed by atoms with Crippen LogP contribution in [0.25, 0.3) is 21.9 Å². The Labute approximate surface area is 310 Å². The van der Waals surface area contributed by atoms with Crippen LogP contribution in [0.5, 0.6) is 17.2 Å². The third kappa shape index (κ3) is 6.58. The Bertz CT molecular complexity index is 2210. The van der Waals surface area contributed by atoms with Crippen molar-refractivity contribution in [3.05, 3.63) is 75.8 Å². The maximum Gasteiger partial charge on any atom is 0.260 e. The number of rotatable bonds is 10. The zero-order valence-electron chi connectivity index (χ0n) is 30.4. The molecule has 2 atom stereocenters. The number of piperidine rings is 1. The van der Waals surface area contributed by atoms with Gasteiger partial charge in [-0.1, -0.05) is 6.07 Å². The van der Waals surface area contributed by atoms with Crippen molar-refractivity contribution in [1.82, 2.24) is 29.6 Å². The summed E-state index contributed by atoms with van der Waals surface area (Å²) in [5, 5.41) is 17.6. The number of nitrogens with zero attached hydrogens (tertiary/aromatic N) is 5. The van der Waals surface area contributed by atoms with E-state index in [2.05, 4.69) is 20.5 Å². The molecule has 0 spiro atoms. The van der Waals surface area contributed by atoms with Crippen molar-refractivity contribution in [2.45, 2.75) is 31.7 Å². The van der Waals surface area contributed by atoms with Crippen LogP contribution in [-0.4, -0.2) is 113 Å². The van der Waals surface area contributed by atoms with Gasteiger partial charge >= 0.3 is 0 Å². The van der Waals surface area contributed by atoms with Crippen LogP contribution in [0.4, 0.5) is 5.82 Å². The van der Waals surface area contributed by atoms with Crippen LogP contribution in [0.1, 0.15) is 40.6 Å². The predicted molar refractivity (Wildman–Crippen MR) is 196 cm³/mol. The van der Waals surface area contributed by atoms with Crippen molar-refractivity contribution in [3.8, 4) is 28.4 Å². The number of anilines is 1. The highest BCUT2D eigenvalue weighted by Gasteiger charge is 2.46. The summed E-state index contributed by atoms with van der Waals surface area (Å²) in [6.07, 6.45) is 2.14. The lowest BCUT2D eigenvalue weighted by atomic mass is 9.99. The third-order valence-corrected chi connectivity index (χ3v) is 10.3. The number of fused-ring (bicyclic) bond motifs is 2. The molecule has 16 heteroatoms. The number of nitrogens with one attached hydrogen (secondary N) is 2. The lowest BCUT2D eigenvalue weighted by Crippen LogP contribution is -2.53. The number of carbonyl (C=O) groups excluding carboxylic acids is 4. The summed E-state index contributed by atoms with van der Waals surface area (Å²) in [7, 11) is 6.66. The summed E-state index contributed by atoms with van der Waals surface area (Å²) in [5.41, 5.74) is 2.66. The maximum absolute atomic E-state index is 13.3. The molecule has 5 heterocycles. The van der Waals surface area contributed by atoms with Crippen molar-refractivity contribution >= 4 is 40.2 Å². The number of hydrogen-bond acceptors (Lipinski definition) is 12. The first kappa shape index (κ1) is 36.4. The van der Waals surface area contributed by atoms with Gasteiger partial charge in [0.25, 0.3) is 17.4 Å². The van der Waals surface area contributed by atoms with Gasteiger partial charge in [-0.3, -0.25) is 39.1 Å². The fourth-order valence-corrected chi connectivity index (χ4v) is 7.40. The van der Waals surface area contributed by atoms with Gasteiger partial charge in [-0.25, -0.2) is 4.98 Å². The van der Waals surface area contributed by atoms with E-state index >= 15 is 0 Å². The largest absolute Gasteiger partial charge is 0.496 e. The Morgan fingerprint density at radius 3 is 2.37 bits per heavy atom. The molecule has 0 radical (unpaired) electrons. The molecular weight excluding hydrogens is 698 g/mol. The van der Waals surface area contributed by atoms with Gasteiger partial charge in [-0.15, -0.1) is 0 Å². The molecule has 0 saturated carbocycles. The molecule has 0 aliphatic carbocycles. The van der Waals surface area contributed by atoms with Crippen LogP contribution in [-0.2, 0) is 28.0 Å². The summed E-state index contributed by atoms with van der Waals surface area (Å²) in [5.74, 6) is 0.110. The highest BCUT2D eigenvalue weighted by atomic mass is 16.5. The van der Waals surface area contributed by atoms with Gasteiger partial charge in [-0.05, 0) is 42.3 Å². The van der Waals surface area contributed by atoms with E-state index < -0.39 is 30.0 Å². The number of hydrogen-bond donors (Lipinski definition) is 3. The SMILES string of the molecule is CNc1cc2c(=O)n(C)cc(-c3cc(OC)c(CN4CCN(C(=O)COc5cccc6c5C(O)N(C5CCC(=O)NC5=O)C6=O)CC4)c(OC)c3)c2cn1. The van der Waals surface area contributed by atoms with E-state index in [9.17, 15) is 29.1 Å². The minimum atomic E-state index is -1.47. The number of ether oxygens (including phenoxy) is 3. The van der Waals surface area contributed by atoms with E-state index in [4.69, 9.17) is 14.2 Å². The molecule has 4 amide bonds. The Balaban J connectivity index is 1.01. The summed E-state index contributed by atoms with van der Waals surface area (Å²) in [4.78, 5) is 73.0. The molecule has 2 aromatic carbocycles. The topological polar surface area (TPSA) is 185 Å². The van der Waals surface area contributed by atoms with E-state index in [0.717, 1.165) is 21.6 Å². The molecule has 282 valence electrons. The summed E-state index contributed by atoms with van der Waals surface area (Å²) < 4.78 is 19.2. The fraction of sp³-hybridized carbons (Fsp3) is 0.368. The second-order valence-corrected chi connectivity index (χ2v) is 13.4. The number of aliphatic hydroxyl groups excluding tert-OH is 1. The van der Waals surface area contributed by atoms with Crippen LogP contribution in [0, 0.1) is 0 Å². The molecule has 2 saturated heterocycles. The average Bonchev–Trinajstić information content (AvgIpc) is 3.44. The standard InChI is InChI=1S/C38H41N7O9/c1-39-31-16-23-24(17-40-31)25(18-42(2)36(23)49)21-14-29(52-3)26(30(15-21)53-4)19-43-10-12-44(13-11-43)33(47)20-54-28-7-5-6-22-34(28)38(51)45(37(22)50)27-8-9-32(46)41-35(27)48/h5-7,14-18,27,38,51H,8-13,19-20H2,1-4H3,(H,39,40)(H,41,46,48).